The number of urea groups is 1. The number of aromatic amines is 1. The monoisotopic (exact) mass is 421 g/mol. The highest BCUT2D eigenvalue weighted by Crippen LogP contribution is 2.27. The van der Waals surface area contributed by atoms with Gasteiger partial charge >= 0.3 is 6.03 Å². The standard InChI is InChI=1S/C23H23N7O.4H2/c31-23(28-17-6-2-1-3-7-17)29-18-8-4-5-16(13-18)20-14-30(12-11-24-20)22-19-9-10-25-21(19)26-15-27-22;;;;/h1-10,13,15,20,24H,11-12,14H2,(H,25,26,27)(H2,28,29,31);4*1H. The summed E-state index contributed by atoms with van der Waals surface area (Å²) in [6.07, 6.45) is 3.49. The largest absolute Gasteiger partial charge is 0.353 e. The molecule has 0 radical (unpaired) electrons. The van der Waals surface area contributed by atoms with E-state index in [1.165, 1.54) is 0 Å². The summed E-state index contributed by atoms with van der Waals surface area (Å²) in [5, 5.41) is 10.4. The summed E-state index contributed by atoms with van der Waals surface area (Å²) in [5.74, 6) is 0.939. The number of rotatable bonds is 4. The van der Waals surface area contributed by atoms with Crippen molar-refractivity contribution >= 4 is 34.3 Å². The van der Waals surface area contributed by atoms with Crippen LogP contribution in [0.25, 0.3) is 11.0 Å². The van der Waals surface area contributed by atoms with Crippen molar-refractivity contribution in [2.75, 3.05) is 35.2 Å². The van der Waals surface area contributed by atoms with E-state index in [9.17, 15) is 4.79 Å². The maximum atomic E-state index is 12.3. The third-order valence-electron chi connectivity index (χ3n) is 5.39. The molecule has 1 saturated heterocycles. The van der Waals surface area contributed by atoms with Gasteiger partial charge in [-0.15, -0.1) is 0 Å². The van der Waals surface area contributed by atoms with Gasteiger partial charge in [0.15, 0.2) is 0 Å². The number of benzene rings is 2. The number of piperazine rings is 1. The third kappa shape index (κ3) is 4.19. The van der Waals surface area contributed by atoms with Crippen molar-refractivity contribution in [3.8, 4) is 0 Å². The van der Waals surface area contributed by atoms with Crippen LogP contribution in [0.1, 0.15) is 17.3 Å². The van der Waals surface area contributed by atoms with E-state index in [1.54, 1.807) is 6.33 Å². The van der Waals surface area contributed by atoms with Crippen LogP contribution >= 0.6 is 0 Å². The van der Waals surface area contributed by atoms with Gasteiger partial charge in [-0.1, -0.05) is 30.3 Å². The molecule has 4 N–H and O–H groups in total. The molecule has 1 aliphatic rings. The van der Waals surface area contributed by atoms with Gasteiger partial charge < -0.3 is 25.8 Å². The number of hydrogen-bond acceptors (Lipinski definition) is 5. The number of carbonyl (C=O) groups is 1. The van der Waals surface area contributed by atoms with Crippen LogP contribution in [-0.2, 0) is 0 Å². The lowest BCUT2D eigenvalue weighted by Gasteiger charge is -2.35. The van der Waals surface area contributed by atoms with Gasteiger partial charge in [0.2, 0.25) is 0 Å². The number of H-pyrrole nitrogens is 1. The van der Waals surface area contributed by atoms with Gasteiger partial charge in [-0.3, -0.25) is 0 Å². The van der Waals surface area contributed by atoms with Gasteiger partial charge in [0.25, 0.3) is 0 Å². The number of carbonyl (C=O) groups excluding carboxylic acids is 1. The van der Waals surface area contributed by atoms with Crippen molar-refractivity contribution in [3.63, 3.8) is 0 Å². The van der Waals surface area contributed by atoms with Crippen LogP contribution in [-0.4, -0.2) is 40.6 Å². The minimum absolute atomic E-state index is 0. The summed E-state index contributed by atoms with van der Waals surface area (Å²) in [5.41, 5.74) is 3.46. The Morgan fingerprint density at radius 3 is 2.77 bits per heavy atom. The van der Waals surface area contributed by atoms with E-state index >= 15 is 0 Å². The molecule has 0 spiro atoms. The Morgan fingerprint density at radius 2 is 1.87 bits per heavy atom. The number of nitrogens with one attached hydrogen (secondary N) is 4. The number of aromatic nitrogens is 3. The molecule has 0 aliphatic carbocycles. The summed E-state index contributed by atoms with van der Waals surface area (Å²) in [6.45, 7) is 2.48. The molecule has 8 heteroatoms. The number of fused-ring (bicyclic) bond motifs is 1. The fraction of sp³-hybridized carbons (Fsp3) is 0.174. The smallest absolute Gasteiger partial charge is 0.323 e. The van der Waals surface area contributed by atoms with Gasteiger partial charge in [-0.05, 0) is 35.9 Å². The average molecular weight is 422 g/mol. The number of nitrogens with zero attached hydrogens (tertiary/aromatic N) is 3. The lowest BCUT2D eigenvalue weighted by Crippen LogP contribution is -2.46. The Labute approximate surface area is 185 Å². The molecule has 8 nitrogen and oxygen atoms in total. The predicted molar refractivity (Wildman–Crippen MR) is 131 cm³/mol. The van der Waals surface area contributed by atoms with Crippen LogP contribution in [0.3, 0.4) is 0 Å². The molecule has 31 heavy (non-hydrogen) atoms. The molecule has 1 fully saturated rings. The van der Waals surface area contributed by atoms with Crippen LogP contribution in [0.15, 0.2) is 73.2 Å². The summed E-state index contributed by atoms with van der Waals surface area (Å²) < 4.78 is 0. The third-order valence-corrected chi connectivity index (χ3v) is 5.39. The van der Waals surface area contributed by atoms with E-state index in [2.05, 4.69) is 41.9 Å². The van der Waals surface area contributed by atoms with Crippen LogP contribution in [0.2, 0.25) is 0 Å². The maximum absolute atomic E-state index is 12.3. The lowest BCUT2D eigenvalue weighted by atomic mass is 10.0. The number of anilines is 3. The van der Waals surface area contributed by atoms with E-state index < -0.39 is 0 Å². The van der Waals surface area contributed by atoms with Crippen LogP contribution < -0.4 is 20.9 Å². The summed E-state index contributed by atoms with van der Waals surface area (Å²) in [6, 6.07) is 19.2. The lowest BCUT2D eigenvalue weighted by molar-refractivity contribution is 0.262. The van der Waals surface area contributed by atoms with Crippen molar-refractivity contribution in [2.45, 2.75) is 6.04 Å². The summed E-state index contributed by atoms with van der Waals surface area (Å²) >= 11 is 0. The number of para-hydroxylation sites is 1. The van der Waals surface area contributed by atoms with Gasteiger partial charge in [0.05, 0.1) is 5.39 Å². The predicted octanol–water partition coefficient (Wildman–Crippen LogP) is 4.74. The van der Waals surface area contributed by atoms with Crippen molar-refractivity contribution in [1.82, 2.24) is 20.3 Å². The molecule has 2 aromatic heterocycles. The van der Waals surface area contributed by atoms with Crippen molar-refractivity contribution in [1.29, 1.82) is 0 Å². The molecule has 0 saturated carbocycles. The highest BCUT2D eigenvalue weighted by molar-refractivity contribution is 5.99. The summed E-state index contributed by atoms with van der Waals surface area (Å²) in [7, 11) is 0. The Kier molecular flexibility index (Phi) is 5.20. The molecule has 2 amide bonds. The highest BCUT2D eigenvalue weighted by atomic mass is 16.2. The van der Waals surface area contributed by atoms with E-state index in [1.807, 2.05) is 60.8 Å². The minimum Gasteiger partial charge on any atom is -0.353 e. The molecule has 1 atom stereocenters. The van der Waals surface area contributed by atoms with E-state index in [0.717, 1.165) is 53.4 Å². The number of hydrogen-bond donors (Lipinski definition) is 4. The molecule has 4 aromatic rings. The Morgan fingerprint density at radius 1 is 1.03 bits per heavy atom. The normalized spacial score (nSPS) is 16.3. The van der Waals surface area contributed by atoms with E-state index in [0.29, 0.717) is 0 Å². The zero-order chi connectivity index (χ0) is 21.0. The average Bonchev–Trinajstić information content (AvgIpc) is 3.29. The SMILES string of the molecule is O=C(Nc1ccccc1)Nc1cccc(C2CN(c3ncnc4[nH]ccc34)CCN2)c1.[HH].[HH].[HH].[HH]. The van der Waals surface area contributed by atoms with Crippen molar-refractivity contribution in [2.24, 2.45) is 0 Å². The first-order valence-electron chi connectivity index (χ1n) is 10.3. The highest BCUT2D eigenvalue weighted by Gasteiger charge is 2.23. The maximum Gasteiger partial charge on any atom is 0.323 e. The molecule has 5 rings (SSSR count). The first kappa shape index (κ1) is 19.1. The second kappa shape index (κ2) is 8.45. The quantitative estimate of drug-likeness (QED) is 0.382. The van der Waals surface area contributed by atoms with Crippen LogP contribution in [0, 0.1) is 0 Å². The molecule has 3 heterocycles. The van der Waals surface area contributed by atoms with E-state index in [-0.39, 0.29) is 17.8 Å². The zero-order valence-corrected chi connectivity index (χ0v) is 16.9. The summed E-state index contributed by atoms with van der Waals surface area (Å²) in [4.78, 5) is 26.6. The molecular formula is C23H31N7O. The van der Waals surface area contributed by atoms with Gasteiger partial charge in [-0.2, -0.15) is 0 Å². The van der Waals surface area contributed by atoms with Crippen molar-refractivity contribution < 1.29 is 10.5 Å². The van der Waals surface area contributed by atoms with Gasteiger partial charge in [-0.25, -0.2) is 14.8 Å². The fourth-order valence-electron chi connectivity index (χ4n) is 3.92. The van der Waals surface area contributed by atoms with Crippen LogP contribution in [0.4, 0.5) is 22.0 Å². The van der Waals surface area contributed by atoms with Crippen molar-refractivity contribution in [3.05, 3.63) is 78.8 Å². The van der Waals surface area contributed by atoms with Crippen LogP contribution in [0.5, 0.6) is 0 Å². The molecule has 1 unspecified atom stereocenters. The van der Waals surface area contributed by atoms with Gasteiger partial charge in [0.1, 0.15) is 17.8 Å². The molecular weight excluding hydrogens is 390 g/mol. The van der Waals surface area contributed by atoms with Gasteiger partial charge in [0, 0.05) is 49.0 Å². The Bertz CT molecular complexity index is 1210. The Balaban J connectivity index is 0.00000153. The fourth-order valence-corrected chi connectivity index (χ4v) is 3.92. The molecule has 1 aliphatic heterocycles. The second-order valence-corrected chi connectivity index (χ2v) is 7.46. The molecule has 2 aromatic carbocycles. The Hall–Kier alpha value is -3.91. The minimum atomic E-state index is -0.266. The van der Waals surface area contributed by atoms with E-state index in [4.69, 9.17) is 0 Å². The topological polar surface area (TPSA) is 98.0 Å². The zero-order valence-electron chi connectivity index (χ0n) is 16.9. The number of amides is 2. The first-order valence-corrected chi connectivity index (χ1v) is 10.3. The molecule has 0 bridgehead atoms. The first-order chi connectivity index (χ1) is 15.3. The molecule has 164 valence electrons. The second-order valence-electron chi connectivity index (χ2n) is 7.46.